The molecule has 1 aliphatic rings. The van der Waals surface area contributed by atoms with Crippen LogP contribution in [-0.2, 0) is 6.54 Å². The van der Waals surface area contributed by atoms with Gasteiger partial charge in [0.15, 0.2) is 0 Å². The molecule has 18 heavy (non-hydrogen) atoms. The van der Waals surface area contributed by atoms with E-state index in [-0.39, 0.29) is 0 Å². The van der Waals surface area contributed by atoms with E-state index in [4.69, 9.17) is 5.11 Å². The summed E-state index contributed by atoms with van der Waals surface area (Å²) in [5.74, 6) is 0. The van der Waals surface area contributed by atoms with Gasteiger partial charge >= 0.3 is 6.09 Å². The molecule has 4 nitrogen and oxygen atoms in total. The molecule has 0 radical (unpaired) electrons. The zero-order valence-corrected chi connectivity index (χ0v) is 10.7. The maximum absolute atomic E-state index is 10.5. The minimum Gasteiger partial charge on any atom is -0.465 e. The second-order valence-corrected chi connectivity index (χ2v) is 4.69. The van der Waals surface area contributed by atoms with Gasteiger partial charge < -0.3 is 10.4 Å². The number of hydrogen-bond donors (Lipinski definition) is 2. The fourth-order valence-corrected chi connectivity index (χ4v) is 2.67. The Morgan fingerprint density at radius 2 is 2.39 bits per heavy atom. The zero-order chi connectivity index (χ0) is 13.0. The van der Waals surface area contributed by atoms with E-state index < -0.39 is 6.09 Å². The van der Waals surface area contributed by atoms with Gasteiger partial charge in [-0.25, -0.2) is 4.79 Å². The molecule has 0 saturated carbocycles. The number of benzene rings is 1. The number of likely N-dealkylation sites (tertiary alicyclic amines) is 1. The highest BCUT2D eigenvalue weighted by Crippen LogP contribution is 2.31. The number of carbonyl (C=O) groups is 1. The predicted octanol–water partition coefficient (Wildman–Crippen LogP) is 2.61. The van der Waals surface area contributed by atoms with Gasteiger partial charge in [-0.15, -0.1) is 0 Å². The third-order valence-electron chi connectivity index (χ3n) is 3.55. The van der Waals surface area contributed by atoms with Crippen molar-refractivity contribution in [2.45, 2.75) is 32.4 Å². The molecule has 1 amide bonds. The Labute approximate surface area is 108 Å². The lowest BCUT2D eigenvalue weighted by Crippen LogP contribution is -2.23. The molecule has 1 aliphatic heterocycles. The van der Waals surface area contributed by atoms with Crippen molar-refractivity contribution >= 4 is 6.09 Å². The SMILES string of the molecule is CCN1CCCC1c1cccc(CNC(=O)O)c1. The summed E-state index contributed by atoms with van der Waals surface area (Å²) in [6.07, 6.45) is 1.47. The van der Waals surface area contributed by atoms with Gasteiger partial charge in [0.05, 0.1) is 0 Å². The van der Waals surface area contributed by atoms with Crippen molar-refractivity contribution in [1.29, 1.82) is 0 Å². The molecule has 4 heteroatoms. The van der Waals surface area contributed by atoms with Crippen LogP contribution in [0.5, 0.6) is 0 Å². The molecule has 0 aromatic heterocycles. The summed E-state index contributed by atoms with van der Waals surface area (Å²) < 4.78 is 0. The molecule has 1 unspecified atom stereocenters. The van der Waals surface area contributed by atoms with E-state index >= 15 is 0 Å². The van der Waals surface area contributed by atoms with E-state index in [1.54, 1.807) is 0 Å². The van der Waals surface area contributed by atoms with Gasteiger partial charge in [0.2, 0.25) is 0 Å². The third kappa shape index (κ3) is 3.01. The number of hydrogen-bond acceptors (Lipinski definition) is 2. The second kappa shape index (κ2) is 5.87. The summed E-state index contributed by atoms with van der Waals surface area (Å²) in [6.45, 7) is 4.80. The molecule has 1 heterocycles. The van der Waals surface area contributed by atoms with Crippen molar-refractivity contribution in [3.63, 3.8) is 0 Å². The van der Waals surface area contributed by atoms with Crippen molar-refractivity contribution in [2.75, 3.05) is 13.1 Å². The van der Waals surface area contributed by atoms with Gasteiger partial charge in [0.1, 0.15) is 0 Å². The van der Waals surface area contributed by atoms with Crippen molar-refractivity contribution in [2.24, 2.45) is 0 Å². The van der Waals surface area contributed by atoms with Crippen molar-refractivity contribution < 1.29 is 9.90 Å². The fraction of sp³-hybridized carbons (Fsp3) is 0.500. The van der Waals surface area contributed by atoms with Crippen LogP contribution in [0.1, 0.15) is 36.9 Å². The first-order valence-corrected chi connectivity index (χ1v) is 6.50. The molecule has 1 atom stereocenters. The molecule has 1 fully saturated rings. The molecule has 2 N–H and O–H groups in total. The molecule has 1 aromatic rings. The summed E-state index contributed by atoms with van der Waals surface area (Å²) in [7, 11) is 0. The summed E-state index contributed by atoms with van der Waals surface area (Å²) in [5, 5.41) is 11.0. The van der Waals surface area contributed by atoms with Crippen LogP contribution in [0.3, 0.4) is 0 Å². The lowest BCUT2D eigenvalue weighted by Gasteiger charge is -2.23. The first-order chi connectivity index (χ1) is 8.70. The van der Waals surface area contributed by atoms with Gasteiger partial charge in [-0.05, 0) is 37.1 Å². The van der Waals surface area contributed by atoms with Crippen LogP contribution < -0.4 is 5.32 Å². The fourth-order valence-electron chi connectivity index (χ4n) is 2.67. The first kappa shape index (κ1) is 12.9. The molecule has 0 bridgehead atoms. The third-order valence-corrected chi connectivity index (χ3v) is 3.55. The Bertz CT molecular complexity index is 420. The monoisotopic (exact) mass is 248 g/mol. The maximum Gasteiger partial charge on any atom is 0.404 e. The predicted molar refractivity (Wildman–Crippen MR) is 70.5 cm³/mol. The van der Waals surface area contributed by atoms with E-state index in [0.717, 1.165) is 12.1 Å². The summed E-state index contributed by atoms with van der Waals surface area (Å²) in [5.41, 5.74) is 2.33. The van der Waals surface area contributed by atoms with Crippen LogP contribution in [0.2, 0.25) is 0 Å². The number of amides is 1. The molecular formula is C14H20N2O2. The smallest absolute Gasteiger partial charge is 0.404 e. The standard InChI is InChI=1S/C14H20N2O2/c1-2-16-8-4-7-13(16)12-6-3-5-11(9-12)10-15-14(17)18/h3,5-6,9,13,15H,2,4,7-8,10H2,1H3,(H,17,18). The first-order valence-electron chi connectivity index (χ1n) is 6.50. The largest absolute Gasteiger partial charge is 0.465 e. The van der Waals surface area contributed by atoms with E-state index in [0.29, 0.717) is 12.6 Å². The number of carboxylic acid groups (broad SMARTS) is 1. The van der Waals surface area contributed by atoms with Gasteiger partial charge in [0, 0.05) is 12.6 Å². The Balaban J connectivity index is 2.09. The zero-order valence-electron chi connectivity index (χ0n) is 10.7. The highest BCUT2D eigenvalue weighted by atomic mass is 16.4. The molecule has 98 valence electrons. The second-order valence-electron chi connectivity index (χ2n) is 4.69. The highest BCUT2D eigenvalue weighted by Gasteiger charge is 2.24. The number of nitrogens with zero attached hydrogens (tertiary/aromatic N) is 1. The lowest BCUT2D eigenvalue weighted by atomic mass is 10.0. The van der Waals surface area contributed by atoms with Gasteiger partial charge in [-0.2, -0.15) is 0 Å². The Hall–Kier alpha value is -1.55. The highest BCUT2D eigenvalue weighted by molar-refractivity contribution is 5.64. The van der Waals surface area contributed by atoms with Crippen molar-refractivity contribution in [3.8, 4) is 0 Å². The quantitative estimate of drug-likeness (QED) is 0.861. The van der Waals surface area contributed by atoms with Crippen LogP contribution in [0, 0.1) is 0 Å². The van der Waals surface area contributed by atoms with Crippen LogP contribution in [-0.4, -0.2) is 29.2 Å². The van der Waals surface area contributed by atoms with Crippen LogP contribution >= 0.6 is 0 Å². The van der Waals surface area contributed by atoms with Gasteiger partial charge in [-0.1, -0.05) is 31.2 Å². The Morgan fingerprint density at radius 1 is 1.56 bits per heavy atom. The molecular weight excluding hydrogens is 228 g/mol. The van der Waals surface area contributed by atoms with E-state index in [1.807, 2.05) is 12.1 Å². The van der Waals surface area contributed by atoms with E-state index in [1.165, 1.54) is 24.9 Å². The van der Waals surface area contributed by atoms with Crippen LogP contribution in [0.25, 0.3) is 0 Å². The van der Waals surface area contributed by atoms with Crippen molar-refractivity contribution in [3.05, 3.63) is 35.4 Å². The van der Waals surface area contributed by atoms with E-state index in [9.17, 15) is 4.79 Å². The summed E-state index contributed by atoms with van der Waals surface area (Å²) >= 11 is 0. The minimum atomic E-state index is -0.976. The molecule has 2 rings (SSSR count). The van der Waals surface area contributed by atoms with Gasteiger partial charge in [0.25, 0.3) is 0 Å². The Morgan fingerprint density at radius 3 is 3.11 bits per heavy atom. The summed E-state index contributed by atoms with van der Waals surface area (Å²) in [4.78, 5) is 13.0. The minimum absolute atomic E-state index is 0.377. The molecule has 1 saturated heterocycles. The van der Waals surface area contributed by atoms with Crippen LogP contribution in [0.15, 0.2) is 24.3 Å². The molecule has 1 aromatic carbocycles. The number of nitrogens with one attached hydrogen (secondary N) is 1. The normalized spacial score (nSPS) is 19.9. The van der Waals surface area contributed by atoms with Gasteiger partial charge in [-0.3, -0.25) is 4.90 Å². The van der Waals surface area contributed by atoms with E-state index in [2.05, 4.69) is 29.3 Å². The topological polar surface area (TPSA) is 52.6 Å². The van der Waals surface area contributed by atoms with Crippen LogP contribution in [0.4, 0.5) is 4.79 Å². The average molecular weight is 248 g/mol. The van der Waals surface area contributed by atoms with Crippen molar-refractivity contribution in [1.82, 2.24) is 10.2 Å². The lowest BCUT2D eigenvalue weighted by molar-refractivity contribution is 0.194. The molecule has 0 aliphatic carbocycles. The summed E-state index contributed by atoms with van der Waals surface area (Å²) in [6, 6.07) is 8.74. The molecule has 0 spiro atoms. The maximum atomic E-state index is 10.5. The number of rotatable bonds is 4. The average Bonchev–Trinajstić information content (AvgIpc) is 2.85. The Kier molecular flexibility index (Phi) is 4.20.